The van der Waals surface area contributed by atoms with Gasteiger partial charge in [-0.15, -0.1) is 0 Å². The van der Waals surface area contributed by atoms with Crippen LogP contribution in [0.2, 0.25) is 0 Å². The van der Waals surface area contributed by atoms with Gasteiger partial charge in [-0.1, -0.05) is 12.1 Å². The standard InChI is InChI=1S/C17H22BN3O3/c1-16(2)17(3,4)24-18(23-16)13-7-8-22-14(9-13)12-5-6-15-19-11-20-21(15)10-12/h5-6,9-11,14H,7-8H2,1-4H3. The Morgan fingerprint density at radius 3 is 2.67 bits per heavy atom. The third kappa shape index (κ3) is 2.57. The molecule has 0 N–H and O–H groups in total. The van der Waals surface area contributed by atoms with Crippen LogP contribution in [0, 0.1) is 0 Å². The van der Waals surface area contributed by atoms with E-state index in [2.05, 4.69) is 43.9 Å². The minimum Gasteiger partial charge on any atom is -0.400 e. The van der Waals surface area contributed by atoms with Gasteiger partial charge in [-0.2, -0.15) is 5.10 Å². The molecule has 1 atom stereocenters. The molecule has 0 bridgehead atoms. The number of fused-ring (bicyclic) bond motifs is 1. The van der Waals surface area contributed by atoms with Crippen molar-refractivity contribution in [3.63, 3.8) is 0 Å². The van der Waals surface area contributed by atoms with Crippen molar-refractivity contribution in [3.05, 3.63) is 41.8 Å². The number of pyridine rings is 1. The van der Waals surface area contributed by atoms with Crippen LogP contribution < -0.4 is 0 Å². The first-order valence-corrected chi connectivity index (χ1v) is 8.33. The number of hydrogen-bond donors (Lipinski definition) is 0. The molecule has 1 saturated heterocycles. The minimum atomic E-state index is -0.327. The fourth-order valence-electron chi connectivity index (χ4n) is 3.01. The van der Waals surface area contributed by atoms with Crippen LogP contribution in [0.3, 0.4) is 0 Å². The number of ether oxygens (including phenoxy) is 1. The van der Waals surface area contributed by atoms with Crippen molar-refractivity contribution in [2.24, 2.45) is 0 Å². The summed E-state index contributed by atoms with van der Waals surface area (Å²) < 4.78 is 20.0. The normalized spacial score (nSPS) is 25.9. The molecule has 24 heavy (non-hydrogen) atoms. The third-order valence-corrected chi connectivity index (χ3v) is 5.24. The Hall–Kier alpha value is -1.70. The van der Waals surface area contributed by atoms with E-state index in [1.807, 2.05) is 18.3 Å². The van der Waals surface area contributed by atoms with E-state index in [-0.39, 0.29) is 24.4 Å². The molecule has 0 saturated carbocycles. The van der Waals surface area contributed by atoms with Gasteiger partial charge in [-0.3, -0.25) is 0 Å². The first kappa shape index (κ1) is 15.8. The zero-order valence-corrected chi connectivity index (χ0v) is 14.5. The predicted molar refractivity (Wildman–Crippen MR) is 90.5 cm³/mol. The highest BCUT2D eigenvalue weighted by Gasteiger charge is 2.52. The molecule has 0 aromatic carbocycles. The van der Waals surface area contributed by atoms with Gasteiger partial charge >= 0.3 is 7.12 Å². The average molecular weight is 327 g/mol. The molecule has 2 aromatic heterocycles. The average Bonchev–Trinajstić information content (AvgIpc) is 3.09. The van der Waals surface area contributed by atoms with E-state index < -0.39 is 0 Å². The first-order chi connectivity index (χ1) is 11.4. The van der Waals surface area contributed by atoms with Crippen molar-refractivity contribution in [3.8, 4) is 0 Å². The van der Waals surface area contributed by atoms with Crippen LogP contribution in [-0.2, 0) is 14.0 Å². The molecule has 1 unspecified atom stereocenters. The second-order valence-corrected chi connectivity index (χ2v) is 7.40. The Kier molecular flexibility index (Phi) is 3.56. The fraction of sp³-hybridized carbons (Fsp3) is 0.529. The highest BCUT2D eigenvalue weighted by atomic mass is 16.7. The van der Waals surface area contributed by atoms with E-state index in [1.165, 1.54) is 0 Å². The quantitative estimate of drug-likeness (QED) is 0.794. The highest BCUT2D eigenvalue weighted by Crippen LogP contribution is 2.40. The summed E-state index contributed by atoms with van der Waals surface area (Å²) in [6, 6.07) is 3.97. The van der Waals surface area contributed by atoms with Gasteiger partial charge in [0, 0.05) is 11.8 Å². The number of hydrogen-bond acceptors (Lipinski definition) is 5. The van der Waals surface area contributed by atoms with Crippen LogP contribution in [0.1, 0.15) is 45.8 Å². The van der Waals surface area contributed by atoms with Crippen LogP contribution in [0.15, 0.2) is 36.2 Å². The Bertz CT molecular complexity index is 783. The van der Waals surface area contributed by atoms with Crippen LogP contribution in [0.25, 0.3) is 5.65 Å². The molecule has 2 aliphatic heterocycles. The van der Waals surface area contributed by atoms with E-state index in [9.17, 15) is 0 Å². The molecular weight excluding hydrogens is 305 g/mol. The molecule has 7 heteroatoms. The summed E-state index contributed by atoms with van der Waals surface area (Å²) in [6.45, 7) is 8.94. The van der Waals surface area contributed by atoms with Crippen LogP contribution in [0.5, 0.6) is 0 Å². The second-order valence-electron chi connectivity index (χ2n) is 7.40. The Labute approximate surface area is 142 Å². The van der Waals surface area contributed by atoms with E-state index in [0.717, 1.165) is 23.1 Å². The maximum atomic E-state index is 6.17. The molecule has 1 fully saturated rings. The van der Waals surface area contributed by atoms with Crippen LogP contribution in [0.4, 0.5) is 0 Å². The van der Waals surface area contributed by atoms with Crippen LogP contribution in [-0.4, -0.2) is 39.5 Å². The molecule has 0 spiro atoms. The topological polar surface area (TPSA) is 57.9 Å². The van der Waals surface area contributed by atoms with Crippen molar-refractivity contribution >= 4 is 12.8 Å². The van der Waals surface area contributed by atoms with Crippen LogP contribution >= 0.6 is 0 Å². The molecule has 2 aliphatic rings. The van der Waals surface area contributed by atoms with Gasteiger partial charge in [0.15, 0.2) is 5.65 Å². The lowest BCUT2D eigenvalue weighted by Gasteiger charge is -2.32. The zero-order valence-electron chi connectivity index (χ0n) is 14.5. The van der Waals surface area contributed by atoms with Gasteiger partial charge in [0.05, 0.1) is 17.8 Å². The molecule has 6 nitrogen and oxygen atoms in total. The van der Waals surface area contributed by atoms with E-state index in [0.29, 0.717) is 6.61 Å². The van der Waals surface area contributed by atoms with E-state index in [4.69, 9.17) is 14.0 Å². The maximum Gasteiger partial charge on any atom is 0.490 e. The largest absolute Gasteiger partial charge is 0.490 e. The lowest BCUT2D eigenvalue weighted by Crippen LogP contribution is -2.41. The summed E-state index contributed by atoms with van der Waals surface area (Å²) in [5.41, 5.74) is 2.35. The van der Waals surface area contributed by atoms with E-state index >= 15 is 0 Å². The predicted octanol–water partition coefficient (Wildman–Crippen LogP) is 2.75. The molecule has 0 radical (unpaired) electrons. The first-order valence-electron chi connectivity index (χ1n) is 8.33. The fourth-order valence-corrected chi connectivity index (χ4v) is 3.01. The van der Waals surface area contributed by atoms with Gasteiger partial charge in [0.2, 0.25) is 0 Å². The molecule has 126 valence electrons. The summed E-state index contributed by atoms with van der Waals surface area (Å²) in [7, 11) is -0.309. The number of nitrogens with zero attached hydrogens (tertiary/aromatic N) is 3. The third-order valence-electron chi connectivity index (χ3n) is 5.24. The van der Waals surface area contributed by atoms with Crippen molar-refractivity contribution in [1.29, 1.82) is 0 Å². The van der Waals surface area contributed by atoms with Gasteiger partial charge in [-0.05, 0) is 45.7 Å². The molecule has 0 amide bonds. The van der Waals surface area contributed by atoms with Crippen molar-refractivity contribution in [2.45, 2.75) is 51.4 Å². The molecule has 2 aromatic rings. The number of rotatable bonds is 2. The van der Waals surface area contributed by atoms with Gasteiger partial charge in [0.25, 0.3) is 0 Å². The molecule has 4 rings (SSSR count). The monoisotopic (exact) mass is 327 g/mol. The molecular formula is C17H22BN3O3. The highest BCUT2D eigenvalue weighted by molar-refractivity contribution is 6.54. The summed E-state index contributed by atoms with van der Waals surface area (Å²) >= 11 is 0. The van der Waals surface area contributed by atoms with Gasteiger partial charge < -0.3 is 14.0 Å². The van der Waals surface area contributed by atoms with Crippen molar-refractivity contribution in [2.75, 3.05) is 6.61 Å². The Morgan fingerprint density at radius 2 is 1.92 bits per heavy atom. The smallest absolute Gasteiger partial charge is 0.400 e. The maximum absolute atomic E-state index is 6.17. The van der Waals surface area contributed by atoms with Crippen molar-refractivity contribution in [1.82, 2.24) is 14.6 Å². The zero-order chi connectivity index (χ0) is 16.9. The summed E-state index contributed by atoms with van der Waals surface area (Å²) in [5.74, 6) is 0. The summed E-state index contributed by atoms with van der Waals surface area (Å²) in [6.07, 6.45) is 6.31. The van der Waals surface area contributed by atoms with Crippen molar-refractivity contribution < 1.29 is 14.0 Å². The lowest BCUT2D eigenvalue weighted by atomic mass is 9.74. The van der Waals surface area contributed by atoms with E-state index in [1.54, 1.807) is 10.8 Å². The summed E-state index contributed by atoms with van der Waals surface area (Å²) in [5, 5.41) is 4.19. The summed E-state index contributed by atoms with van der Waals surface area (Å²) in [4.78, 5) is 4.17. The number of aromatic nitrogens is 3. The lowest BCUT2D eigenvalue weighted by molar-refractivity contribution is 0.00578. The van der Waals surface area contributed by atoms with Gasteiger partial charge in [0.1, 0.15) is 12.4 Å². The minimum absolute atomic E-state index is 0.124. The second kappa shape index (κ2) is 5.41. The molecule has 0 aliphatic carbocycles. The molecule has 4 heterocycles. The Balaban J connectivity index is 1.61. The van der Waals surface area contributed by atoms with Gasteiger partial charge in [-0.25, -0.2) is 9.50 Å². The Morgan fingerprint density at radius 1 is 1.17 bits per heavy atom. The SMILES string of the molecule is CC1(C)OB(C2=CC(c3ccc4ncnn4c3)OCC2)OC1(C)C.